The van der Waals surface area contributed by atoms with Crippen LogP contribution < -0.4 is 16.0 Å². The summed E-state index contributed by atoms with van der Waals surface area (Å²) in [5, 5.41) is 2.79. The molecule has 2 rings (SSSR count). The molecule has 0 bridgehead atoms. The van der Waals surface area contributed by atoms with Crippen LogP contribution in [0.15, 0.2) is 12.3 Å². The number of hydrogen-bond donors (Lipinski definition) is 2. The molecule has 18 heavy (non-hydrogen) atoms. The molecule has 0 aliphatic carbocycles. The van der Waals surface area contributed by atoms with Crippen LogP contribution in [-0.4, -0.2) is 37.3 Å². The van der Waals surface area contributed by atoms with Crippen molar-refractivity contribution in [1.29, 1.82) is 0 Å². The highest BCUT2D eigenvalue weighted by molar-refractivity contribution is 5.68. The number of aromatic nitrogens is 1. The first kappa shape index (κ1) is 12.5. The van der Waals surface area contributed by atoms with Gasteiger partial charge in [0.15, 0.2) is 5.82 Å². The molecule has 0 spiro atoms. The van der Waals surface area contributed by atoms with Crippen molar-refractivity contribution in [2.24, 2.45) is 0 Å². The highest BCUT2D eigenvalue weighted by Gasteiger charge is 2.26. The molecule has 3 N–H and O–H groups in total. The van der Waals surface area contributed by atoms with Gasteiger partial charge in [-0.25, -0.2) is 9.78 Å². The molecule has 2 heterocycles. The molecule has 1 saturated heterocycles. The van der Waals surface area contributed by atoms with Crippen LogP contribution in [0.3, 0.4) is 0 Å². The molecule has 1 aliphatic rings. The van der Waals surface area contributed by atoms with E-state index in [9.17, 15) is 4.79 Å². The van der Waals surface area contributed by atoms with Gasteiger partial charge in [-0.1, -0.05) is 0 Å². The fraction of sp³-hybridized carbons (Fsp3) is 0.500. The molecule has 0 saturated carbocycles. The van der Waals surface area contributed by atoms with E-state index >= 15 is 0 Å². The number of nitrogens with two attached hydrogens (primary N) is 1. The number of ether oxygens (including phenoxy) is 1. The average molecular weight is 250 g/mol. The molecule has 0 aromatic carbocycles. The number of carbonyl (C=O) groups excluding carboxylic acids is 1. The van der Waals surface area contributed by atoms with E-state index in [1.54, 1.807) is 6.20 Å². The third-order valence-corrected chi connectivity index (χ3v) is 3.03. The largest absolute Gasteiger partial charge is 0.453 e. The lowest BCUT2D eigenvalue weighted by atomic mass is 10.2. The van der Waals surface area contributed by atoms with E-state index in [-0.39, 0.29) is 6.04 Å². The Kier molecular flexibility index (Phi) is 3.55. The Morgan fingerprint density at radius 1 is 1.67 bits per heavy atom. The molecule has 1 atom stereocenters. The number of hydrogen-bond acceptors (Lipinski definition) is 5. The molecule has 1 aromatic rings. The fourth-order valence-corrected chi connectivity index (χ4v) is 2.14. The number of amides is 1. The van der Waals surface area contributed by atoms with Crippen molar-refractivity contribution in [1.82, 2.24) is 10.3 Å². The molecule has 98 valence electrons. The van der Waals surface area contributed by atoms with Crippen LogP contribution in [0.1, 0.15) is 12.0 Å². The molecule has 6 heteroatoms. The van der Waals surface area contributed by atoms with E-state index in [0.717, 1.165) is 24.3 Å². The number of alkyl carbamates (subject to hydrolysis) is 1. The first-order valence-electron chi connectivity index (χ1n) is 5.91. The molecular weight excluding hydrogens is 232 g/mol. The molecule has 6 nitrogen and oxygen atoms in total. The van der Waals surface area contributed by atoms with Gasteiger partial charge in [0.05, 0.1) is 18.8 Å². The maximum Gasteiger partial charge on any atom is 0.407 e. The summed E-state index contributed by atoms with van der Waals surface area (Å²) in [5.41, 5.74) is 7.67. The van der Waals surface area contributed by atoms with Gasteiger partial charge in [-0.2, -0.15) is 0 Å². The van der Waals surface area contributed by atoms with Gasteiger partial charge in [0.1, 0.15) is 0 Å². The third kappa shape index (κ3) is 2.64. The number of methoxy groups -OCH3 is 1. The first-order valence-corrected chi connectivity index (χ1v) is 5.91. The van der Waals surface area contributed by atoms with Crippen LogP contribution in [0.4, 0.5) is 16.3 Å². The number of pyridine rings is 1. The minimum Gasteiger partial charge on any atom is -0.453 e. The summed E-state index contributed by atoms with van der Waals surface area (Å²) in [6.07, 6.45) is 2.27. The van der Waals surface area contributed by atoms with Crippen molar-refractivity contribution in [2.75, 3.05) is 30.8 Å². The molecule has 1 aromatic heterocycles. The zero-order valence-corrected chi connectivity index (χ0v) is 10.6. The predicted octanol–water partition coefficient (Wildman–Crippen LogP) is 0.907. The standard InChI is InChI=1S/C12H18N4O2/c1-8-5-10(13)11(14-6-8)16-4-3-9(7-16)15-12(17)18-2/h5-6,9H,3-4,7,13H2,1-2H3,(H,15,17). The van der Waals surface area contributed by atoms with Gasteiger partial charge in [0, 0.05) is 19.3 Å². The quantitative estimate of drug-likeness (QED) is 0.815. The summed E-state index contributed by atoms with van der Waals surface area (Å²) in [6, 6.07) is 1.99. The van der Waals surface area contributed by atoms with E-state index in [1.165, 1.54) is 7.11 Å². The van der Waals surface area contributed by atoms with Crippen LogP contribution in [-0.2, 0) is 4.74 Å². The van der Waals surface area contributed by atoms with E-state index < -0.39 is 6.09 Å². The number of nitrogens with zero attached hydrogens (tertiary/aromatic N) is 2. The number of carbonyl (C=O) groups is 1. The molecule has 0 radical (unpaired) electrons. The maximum atomic E-state index is 11.1. The number of aryl methyl sites for hydroxylation is 1. The third-order valence-electron chi connectivity index (χ3n) is 3.03. The fourth-order valence-electron chi connectivity index (χ4n) is 2.14. The molecular formula is C12H18N4O2. The van der Waals surface area contributed by atoms with Gasteiger partial charge in [-0.05, 0) is 25.0 Å². The average Bonchev–Trinajstić information content (AvgIpc) is 2.77. The highest BCUT2D eigenvalue weighted by atomic mass is 16.5. The van der Waals surface area contributed by atoms with Crippen molar-refractivity contribution in [3.8, 4) is 0 Å². The second-order valence-electron chi connectivity index (χ2n) is 4.49. The summed E-state index contributed by atoms with van der Waals surface area (Å²) >= 11 is 0. The lowest BCUT2D eigenvalue weighted by molar-refractivity contribution is 0.167. The Balaban J connectivity index is 2.02. The van der Waals surface area contributed by atoms with Gasteiger partial charge >= 0.3 is 6.09 Å². The second-order valence-corrected chi connectivity index (χ2v) is 4.49. The molecule has 1 unspecified atom stereocenters. The zero-order chi connectivity index (χ0) is 13.1. The minimum absolute atomic E-state index is 0.0833. The summed E-state index contributed by atoms with van der Waals surface area (Å²) in [4.78, 5) is 17.6. The van der Waals surface area contributed by atoms with Gasteiger partial charge in [0.2, 0.25) is 0 Å². The normalized spacial score (nSPS) is 18.8. The van der Waals surface area contributed by atoms with Crippen molar-refractivity contribution >= 4 is 17.6 Å². The molecule has 1 fully saturated rings. The summed E-state index contributed by atoms with van der Waals surface area (Å²) < 4.78 is 4.58. The van der Waals surface area contributed by atoms with Gasteiger partial charge in [0.25, 0.3) is 0 Å². The topological polar surface area (TPSA) is 80.5 Å². The smallest absolute Gasteiger partial charge is 0.407 e. The van der Waals surface area contributed by atoms with Crippen molar-refractivity contribution in [2.45, 2.75) is 19.4 Å². The van der Waals surface area contributed by atoms with Gasteiger partial charge in [-0.15, -0.1) is 0 Å². The summed E-state index contributed by atoms with van der Waals surface area (Å²) in [7, 11) is 1.36. The van der Waals surface area contributed by atoms with Crippen molar-refractivity contribution in [3.63, 3.8) is 0 Å². The number of rotatable bonds is 2. The van der Waals surface area contributed by atoms with Crippen LogP contribution in [0.2, 0.25) is 0 Å². The lowest BCUT2D eigenvalue weighted by Gasteiger charge is -2.19. The van der Waals surface area contributed by atoms with E-state index in [2.05, 4.69) is 19.9 Å². The van der Waals surface area contributed by atoms with Crippen LogP contribution in [0.25, 0.3) is 0 Å². The highest BCUT2D eigenvalue weighted by Crippen LogP contribution is 2.24. The van der Waals surface area contributed by atoms with E-state index in [0.29, 0.717) is 12.2 Å². The number of nitrogens with one attached hydrogen (secondary N) is 1. The summed E-state index contributed by atoms with van der Waals surface area (Å²) in [5.74, 6) is 0.787. The van der Waals surface area contributed by atoms with Crippen LogP contribution in [0.5, 0.6) is 0 Å². The zero-order valence-electron chi connectivity index (χ0n) is 10.6. The number of anilines is 2. The predicted molar refractivity (Wildman–Crippen MR) is 69.5 cm³/mol. The van der Waals surface area contributed by atoms with Crippen molar-refractivity contribution in [3.05, 3.63) is 17.8 Å². The van der Waals surface area contributed by atoms with Gasteiger partial charge < -0.3 is 20.7 Å². The van der Waals surface area contributed by atoms with Gasteiger partial charge in [-0.3, -0.25) is 0 Å². The Morgan fingerprint density at radius 3 is 3.11 bits per heavy atom. The van der Waals surface area contributed by atoms with E-state index in [1.807, 2.05) is 13.0 Å². The van der Waals surface area contributed by atoms with Crippen molar-refractivity contribution < 1.29 is 9.53 Å². The Bertz CT molecular complexity index is 450. The summed E-state index contributed by atoms with van der Waals surface area (Å²) in [6.45, 7) is 3.49. The number of nitrogen functional groups attached to an aromatic ring is 1. The maximum absolute atomic E-state index is 11.1. The first-order chi connectivity index (χ1) is 8.60. The van der Waals surface area contributed by atoms with Crippen LogP contribution >= 0.6 is 0 Å². The Labute approximate surface area is 106 Å². The Hall–Kier alpha value is -1.98. The minimum atomic E-state index is -0.397. The monoisotopic (exact) mass is 250 g/mol. The second kappa shape index (κ2) is 5.12. The Morgan fingerprint density at radius 2 is 2.44 bits per heavy atom. The van der Waals surface area contributed by atoms with Crippen LogP contribution in [0, 0.1) is 6.92 Å². The molecule has 1 amide bonds. The lowest BCUT2D eigenvalue weighted by Crippen LogP contribution is -2.37. The van der Waals surface area contributed by atoms with E-state index in [4.69, 9.17) is 5.73 Å². The molecule has 1 aliphatic heterocycles. The SMILES string of the molecule is COC(=O)NC1CCN(c2ncc(C)cc2N)C1.